The van der Waals surface area contributed by atoms with E-state index in [9.17, 15) is 14.7 Å². The quantitative estimate of drug-likeness (QED) is 0.748. The van der Waals surface area contributed by atoms with Crippen LogP contribution in [0.25, 0.3) is 0 Å². The van der Waals surface area contributed by atoms with Gasteiger partial charge in [-0.1, -0.05) is 19.4 Å². The van der Waals surface area contributed by atoms with Gasteiger partial charge in [-0.05, 0) is 55.4 Å². The fourth-order valence-corrected chi connectivity index (χ4v) is 6.36. The Labute approximate surface area is 132 Å². The van der Waals surface area contributed by atoms with Crippen LogP contribution in [0, 0.1) is 28.6 Å². The lowest BCUT2D eigenvalue weighted by Gasteiger charge is -2.56. The van der Waals surface area contributed by atoms with Crippen LogP contribution in [0.2, 0.25) is 0 Å². The Morgan fingerprint density at radius 1 is 1.14 bits per heavy atom. The van der Waals surface area contributed by atoms with Crippen LogP contribution in [0.15, 0.2) is 11.6 Å². The molecule has 0 aliphatic heterocycles. The van der Waals surface area contributed by atoms with Gasteiger partial charge in [0.15, 0.2) is 5.78 Å². The molecule has 120 valence electrons. The molecule has 0 amide bonds. The van der Waals surface area contributed by atoms with Crippen molar-refractivity contribution in [2.75, 3.05) is 0 Å². The molecule has 6 atom stereocenters. The Bertz CT molecular complexity index is 577. The molecule has 0 spiro atoms. The molecule has 4 aliphatic carbocycles. The van der Waals surface area contributed by atoms with Gasteiger partial charge >= 0.3 is 0 Å². The third-order valence-electron chi connectivity index (χ3n) is 7.60. The van der Waals surface area contributed by atoms with E-state index < -0.39 is 0 Å². The lowest BCUT2D eigenvalue weighted by molar-refractivity contribution is -0.148. The highest BCUT2D eigenvalue weighted by Gasteiger charge is 2.61. The van der Waals surface area contributed by atoms with Gasteiger partial charge in [0.25, 0.3) is 0 Å². The minimum Gasteiger partial charge on any atom is -0.393 e. The number of hydrogen-bond donors (Lipinski definition) is 1. The highest BCUT2D eigenvalue weighted by Crippen LogP contribution is 2.64. The van der Waals surface area contributed by atoms with Gasteiger partial charge in [0.05, 0.1) is 6.10 Å². The van der Waals surface area contributed by atoms with Crippen molar-refractivity contribution in [3.63, 3.8) is 0 Å². The number of ketones is 2. The summed E-state index contributed by atoms with van der Waals surface area (Å²) in [7, 11) is 0. The second-order valence-electron chi connectivity index (χ2n) is 8.58. The summed E-state index contributed by atoms with van der Waals surface area (Å²) in [5, 5.41) is 10.4. The van der Waals surface area contributed by atoms with Crippen LogP contribution < -0.4 is 0 Å². The Kier molecular flexibility index (Phi) is 3.01. The van der Waals surface area contributed by atoms with Gasteiger partial charge < -0.3 is 5.11 Å². The lowest BCUT2D eigenvalue weighted by Crippen LogP contribution is -2.55. The number of carbonyl (C=O) groups is 2. The van der Waals surface area contributed by atoms with Crippen molar-refractivity contribution in [1.82, 2.24) is 0 Å². The van der Waals surface area contributed by atoms with Gasteiger partial charge in [0, 0.05) is 24.2 Å². The third kappa shape index (κ3) is 1.72. The third-order valence-corrected chi connectivity index (χ3v) is 7.60. The van der Waals surface area contributed by atoms with Crippen molar-refractivity contribution in [3.8, 4) is 0 Å². The first kappa shape index (κ1) is 14.6. The molecule has 0 aromatic heterocycles. The first-order valence-corrected chi connectivity index (χ1v) is 8.81. The Hall–Kier alpha value is -0.960. The second kappa shape index (κ2) is 4.53. The van der Waals surface area contributed by atoms with Crippen LogP contribution in [-0.4, -0.2) is 22.8 Å². The number of aliphatic hydroxyl groups excluding tert-OH is 1. The zero-order valence-corrected chi connectivity index (χ0v) is 13.6. The number of rotatable bonds is 0. The average molecular weight is 302 g/mol. The molecular weight excluding hydrogens is 276 g/mol. The van der Waals surface area contributed by atoms with Gasteiger partial charge in [-0.3, -0.25) is 9.59 Å². The highest BCUT2D eigenvalue weighted by atomic mass is 16.3. The zero-order valence-electron chi connectivity index (χ0n) is 13.6. The first-order valence-electron chi connectivity index (χ1n) is 8.81. The van der Waals surface area contributed by atoms with Gasteiger partial charge in [-0.2, -0.15) is 0 Å². The summed E-state index contributed by atoms with van der Waals surface area (Å²) < 4.78 is 0. The van der Waals surface area contributed by atoms with Gasteiger partial charge in [-0.15, -0.1) is 0 Å². The molecule has 3 heteroatoms. The molecule has 3 saturated carbocycles. The molecule has 0 unspecified atom stereocenters. The van der Waals surface area contributed by atoms with Crippen LogP contribution in [0.4, 0.5) is 0 Å². The summed E-state index contributed by atoms with van der Waals surface area (Å²) in [6, 6.07) is 0. The van der Waals surface area contributed by atoms with E-state index in [4.69, 9.17) is 0 Å². The molecule has 22 heavy (non-hydrogen) atoms. The molecular formula is C19H26O3. The van der Waals surface area contributed by atoms with E-state index in [1.165, 1.54) is 5.57 Å². The van der Waals surface area contributed by atoms with Gasteiger partial charge in [0.1, 0.15) is 5.78 Å². The molecule has 0 saturated heterocycles. The predicted molar refractivity (Wildman–Crippen MR) is 83.1 cm³/mol. The number of aliphatic hydroxyl groups is 1. The highest BCUT2D eigenvalue weighted by molar-refractivity contribution is 5.93. The van der Waals surface area contributed by atoms with Crippen molar-refractivity contribution in [1.29, 1.82) is 0 Å². The van der Waals surface area contributed by atoms with Crippen molar-refractivity contribution >= 4 is 11.6 Å². The number of hydrogen-bond acceptors (Lipinski definition) is 3. The molecule has 3 nitrogen and oxygen atoms in total. The minimum absolute atomic E-state index is 0.0731. The summed E-state index contributed by atoms with van der Waals surface area (Å²) in [4.78, 5) is 24.8. The van der Waals surface area contributed by atoms with Crippen molar-refractivity contribution in [3.05, 3.63) is 11.6 Å². The van der Waals surface area contributed by atoms with Crippen molar-refractivity contribution in [2.45, 2.75) is 64.9 Å². The van der Waals surface area contributed by atoms with Crippen LogP contribution in [-0.2, 0) is 9.59 Å². The summed E-state index contributed by atoms with van der Waals surface area (Å²) in [5.41, 5.74) is 0.906. The minimum atomic E-state index is -0.319. The standard InChI is InChI=1S/C19H26O3/c1-18-8-7-12(20)9-11(18)3-4-13-14-5-6-16(22)19(14,2)10-15(21)17(13)18/h9,13-14,16-17,22H,3-8,10H2,1-2H3/t13-,14-,16-,17+,18-,19-/m1/s1. The molecule has 4 rings (SSSR count). The number of allylic oxidation sites excluding steroid dienone is 1. The van der Waals surface area contributed by atoms with E-state index in [0.29, 0.717) is 30.5 Å². The van der Waals surface area contributed by atoms with E-state index in [1.54, 1.807) is 0 Å². The molecule has 4 aliphatic rings. The van der Waals surface area contributed by atoms with Crippen LogP contribution >= 0.6 is 0 Å². The molecule has 1 N–H and O–H groups in total. The smallest absolute Gasteiger partial charge is 0.155 e. The maximum atomic E-state index is 13.0. The SMILES string of the molecule is C[C@@]12CC(=O)[C@@H]3[C@H](CCC4=CC(=O)CC[C@]43C)[C@H]1CC[C@H]2O. The molecule has 0 aromatic carbocycles. The van der Waals surface area contributed by atoms with Gasteiger partial charge in [-0.25, -0.2) is 0 Å². The molecule has 0 aromatic rings. The molecule has 0 heterocycles. The first-order chi connectivity index (χ1) is 10.4. The molecule has 3 fully saturated rings. The van der Waals surface area contributed by atoms with Crippen LogP contribution in [0.5, 0.6) is 0 Å². The van der Waals surface area contributed by atoms with Crippen molar-refractivity contribution < 1.29 is 14.7 Å². The number of Topliss-reactive ketones (excluding diaryl/α,β-unsaturated/α-hetero) is 1. The van der Waals surface area contributed by atoms with Crippen LogP contribution in [0.1, 0.15) is 58.8 Å². The maximum absolute atomic E-state index is 13.0. The Morgan fingerprint density at radius 3 is 2.68 bits per heavy atom. The summed E-state index contributed by atoms with van der Waals surface area (Å²) in [6.45, 7) is 4.34. The molecule has 0 radical (unpaired) electrons. The fourth-order valence-electron chi connectivity index (χ4n) is 6.36. The van der Waals surface area contributed by atoms with Crippen LogP contribution in [0.3, 0.4) is 0 Å². The monoisotopic (exact) mass is 302 g/mol. The second-order valence-corrected chi connectivity index (χ2v) is 8.58. The predicted octanol–water partition coefficient (Wildman–Crippen LogP) is 3.06. The summed E-state index contributed by atoms with van der Waals surface area (Å²) in [5.74, 6) is 1.52. The van der Waals surface area contributed by atoms with E-state index >= 15 is 0 Å². The van der Waals surface area contributed by atoms with E-state index in [0.717, 1.165) is 32.1 Å². The van der Waals surface area contributed by atoms with E-state index in [1.807, 2.05) is 6.08 Å². The fraction of sp³-hybridized carbons (Fsp3) is 0.789. The Balaban J connectivity index is 1.76. The maximum Gasteiger partial charge on any atom is 0.155 e. The van der Waals surface area contributed by atoms with Gasteiger partial charge in [0.2, 0.25) is 0 Å². The zero-order chi connectivity index (χ0) is 15.7. The summed E-state index contributed by atoms with van der Waals surface area (Å²) in [6.07, 6.45) is 7.33. The topological polar surface area (TPSA) is 54.4 Å². The molecule has 0 bridgehead atoms. The summed E-state index contributed by atoms with van der Waals surface area (Å²) >= 11 is 0. The Morgan fingerprint density at radius 2 is 1.91 bits per heavy atom. The largest absolute Gasteiger partial charge is 0.393 e. The van der Waals surface area contributed by atoms with E-state index in [2.05, 4.69) is 13.8 Å². The number of carbonyl (C=O) groups excluding carboxylic acids is 2. The normalized spacial score (nSPS) is 51.0. The number of fused-ring (bicyclic) bond motifs is 5. The van der Waals surface area contributed by atoms with Crippen molar-refractivity contribution in [2.24, 2.45) is 28.6 Å². The van der Waals surface area contributed by atoms with E-state index in [-0.39, 0.29) is 28.6 Å². The lowest BCUT2D eigenvalue weighted by atomic mass is 9.47. The average Bonchev–Trinajstić information content (AvgIpc) is 2.75.